The number of aromatic nitrogens is 2. The van der Waals surface area contributed by atoms with Crippen molar-refractivity contribution in [2.24, 2.45) is 0 Å². The number of benzene rings is 1. The number of halogens is 1. The molecule has 0 N–H and O–H groups in total. The predicted molar refractivity (Wildman–Crippen MR) is 80.6 cm³/mol. The van der Waals surface area contributed by atoms with E-state index in [9.17, 15) is 0 Å². The van der Waals surface area contributed by atoms with Crippen LogP contribution < -0.4 is 4.74 Å². The summed E-state index contributed by atoms with van der Waals surface area (Å²) in [5.74, 6) is 0.903. The molecule has 1 aromatic carbocycles. The van der Waals surface area contributed by atoms with Gasteiger partial charge in [0.05, 0.1) is 11.4 Å². The molecule has 102 valence electrons. The molecule has 0 radical (unpaired) electrons. The van der Waals surface area contributed by atoms with E-state index in [2.05, 4.69) is 60.0 Å². The summed E-state index contributed by atoms with van der Waals surface area (Å²) < 4.78 is 9.01. The van der Waals surface area contributed by atoms with Crippen molar-refractivity contribution in [3.8, 4) is 5.75 Å². The molecule has 0 aliphatic carbocycles. The molecular formula is C15H19BrN2O. The van der Waals surface area contributed by atoms with E-state index in [1.165, 1.54) is 11.1 Å². The summed E-state index contributed by atoms with van der Waals surface area (Å²) in [4.78, 5) is 0. The Bertz CT molecular complexity index is 567. The van der Waals surface area contributed by atoms with E-state index in [0.29, 0.717) is 6.61 Å². The lowest BCUT2D eigenvalue weighted by atomic mass is 10.1. The largest absolute Gasteiger partial charge is 0.487 e. The van der Waals surface area contributed by atoms with Crippen LogP contribution in [0.15, 0.2) is 22.7 Å². The molecule has 0 saturated carbocycles. The molecule has 0 spiro atoms. The van der Waals surface area contributed by atoms with Crippen LogP contribution >= 0.6 is 15.9 Å². The summed E-state index contributed by atoms with van der Waals surface area (Å²) >= 11 is 3.57. The normalized spacial score (nSPS) is 10.8. The van der Waals surface area contributed by atoms with E-state index < -0.39 is 0 Å². The highest BCUT2D eigenvalue weighted by Gasteiger charge is 2.07. The van der Waals surface area contributed by atoms with E-state index in [1.807, 2.05) is 11.6 Å². The van der Waals surface area contributed by atoms with Gasteiger partial charge in [-0.15, -0.1) is 0 Å². The molecule has 1 aromatic heterocycles. The molecule has 2 rings (SSSR count). The van der Waals surface area contributed by atoms with Crippen molar-refractivity contribution in [3.63, 3.8) is 0 Å². The van der Waals surface area contributed by atoms with Gasteiger partial charge in [0.15, 0.2) is 0 Å². The first-order chi connectivity index (χ1) is 9.01. The second kappa shape index (κ2) is 5.78. The average Bonchev–Trinajstić information content (AvgIpc) is 2.73. The van der Waals surface area contributed by atoms with Crippen LogP contribution in [-0.4, -0.2) is 9.78 Å². The second-order valence-corrected chi connectivity index (χ2v) is 5.55. The Hall–Kier alpha value is -1.29. The molecule has 0 aliphatic heterocycles. The van der Waals surface area contributed by atoms with Crippen molar-refractivity contribution >= 4 is 15.9 Å². The maximum atomic E-state index is 5.88. The van der Waals surface area contributed by atoms with E-state index in [1.54, 1.807) is 0 Å². The first kappa shape index (κ1) is 14.1. The number of ether oxygens (including phenoxy) is 1. The summed E-state index contributed by atoms with van der Waals surface area (Å²) in [6.45, 7) is 9.66. The van der Waals surface area contributed by atoms with Crippen LogP contribution in [-0.2, 0) is 13.2 Å². The van der Waals surface area contributed by atoms with Gasteiger partial charge in [-0.1, -0.05) is 15.9 Å². The first-order valence-electron chi connectivity index (χ1n) is 6.44. The average molecular weight is 323 g/mol. The van der Waals surface area contributed by atoms with Gasteiger partial charge in [0.25, 0.3) is 0 Å². The van der Waals surface area contributed by atoms with Gasteiger partial charge in [-0.3, -0.25) is 4.68 Å². The number of nitrogens with zero attached hydrogens (tertiary/aromatic N) is 2. The number of hydrogen-bond donors (Lipinski definition) is 0. The Morgan fingerprint density at radius 1 is 1.16 bits per heavy atom. The maximum Gasteiger partial charge on any atom is 0.130 e. The minimum absolute atomic E-state index is 0.551. The van der Waals surface area contributed by atoms with Crippen molar-refractivity contribution in [1.29, 1.82) is 0 Å². The lowest BCUT2D eigenvalue weighted by Crippen LogP contribution is -2.06. The third-order valence-corrected chi connectivity index (χ3v) is 4.33. The van der Waals surface area contributed by atoms with Crippen LogP contribution in [0.3, 0.4) is 0 Å². The Labute approximate surface area is 122 Å². The molecular weight excluding hydrogens is 304 g/mol. The standard InChI is InChI=1S/C15H19BrN2O/c1-5-18-13(8-12(4)17-18)9-19-14-6-10(2)15(16)11(3)7-14/h6-8H,5,9H2,1-4H3. The smallest absolute Gasteiger partial charge is 0.130 e. The molecule has 0 amide bonds. The van der Waals surface area contributed by atoms with E-state index in [4.69, 9.17) is 4.74 Å². The van der Waals surface area contributed by atoms with Gasteiger partial charge >= 0.3 is 0 Å². The quantitative estimate of drug-likeness (QED) is 0.844. The van der Waals surface area contributed by atoms with Crippen LogP contribution in [0, 0.1) is 20.8 Å². The monoisotopic (exact) mass is 322 g/mol. The molecule has 0 unspecified atom stereocenters. The van der Waals surface area contributed by atoms with E-state index in [0.717, 1.165) is 28.2 Å². The van der Waals surface area contributed by atoms with Gasteiger partial charge < -0.3 is 4.74 Å². The van der Waals surface area contributed by atoms with Gasteiger partial charge in [-0.05, 0) is 57.0 Å². The van der Waals surface area contributed by atoms with Crippen molar-refractivity contribution in [2.75, 3.05) is 0 Å². The van der Waals surface area contributed by atoms with Crippen molar-refractivity contribution in [1.82, 2.24) is 9.78 Å². The topological polar surface area (TPSA) is 27.1 Å². The Kier molecular flexibility index (Phi) is 4.30. The highest BCUT2D eigenvalue weighted by atomic mass is 79.9. The molecule has 4 heteroatoms. The zero-order valence-electron chi connectivity index (χ0n) is 11.8. The van der Waals surface area contributed by atoms with Crippen LogP contribution in [0.25, 0.3) is 0 Å². The lowest BCUT2D eigenvalue weighted by molar-refractivity contribution is 0.292. The number of hydrogen-bond acceptors (Lipinski definition) is 2. The Morgan fingerprint density at radius 3 is 2.37 bits per heavy atom. The fraction of sp³-hybridized carbons (Fsp3) is 0.400. The number of aryl methyl sites for hydroxylation is 4. The van der Waals surface area contributed by atoms with E-state index >= 15 is 0 Å². The van der Waals surface area contributed by atoms with Crippen molar-refractivity contribution in [3.05, 3.63) is 45.2 Å². The van der Waals surface area contributed by atoms with Gasteiger partial charge in [0, 0.05) is 11.0 Å². The van der Waals surface area contributed by atoms with Gasteiger partial charge in [0.1, 0.15) is 12.4 Å². The van der Waals surface area contributed by atoms with Gasteiger partial charge in [-0.2, -0.15) is 5.10 Å². The SMILES string of the molecule is CCn1nc(C)cc1COc1cc(C)c(Br)c(C)c1. The lowest BCUT2D eigenvalue weighted by Gasteiger charge is -2.10. The molecule has 0 saturated heterocycles. The van der Waals surface area contributed by atoms with Crippen LogP contribution in [0.5, 0.6) is 5.75 Å². The zero-order chi connectivity index (χ0) is 14.0. The third-order valence-electron chi connectivity index (χ3n) is 3.08. The van der Waals surface area contributed by atoms with Gasteiger partial charge in [-0.25, -0.2) is 0 Å². The maximum absolute atomic E-state index is 5.88. The Balaban J connectivity index is 2.14. The fourth-order valence-corrected chi connectivity index (χ4v) is 2.36. The van der Waals surface area contributed by atoms with Crippen molar-refractivity contribution in [2.45, 2.75) is 40.8 Å². The molecule has 0 fully saturated rings. The van der Waals surface area contributed by atoms with E-state index in [-0.39, 0.29) is 0 Å². The number of rotatable bonds is 4. The summed E-state index contributed by atoms with van der Waals surface area (Å²) in [5.41, 5.74) is 4.52. The van der Waals surface area contributed by atoms with Crippen LogP contribution in [0.2, 0.25) is 0 Å². The molecule has 0 bridgehead atoms. The van der Waals surface area contributed by atoms with Gasteiger partial charge in [0.2, 0.25) is 0 Å². The molecule has 0 aliphatic rings. The molecule has 1 heterocycles. The summed E-state index contributed by atoms with van der Waals surface area (Å²) in [6.07, 6.45) is 0. The first-order valence-corrected chi connectivity index (χ1v) is 7.23. The summed E-state index contributed by atoms with van der Waals surface area (Å²) in [7, 11) is 0. The molecule has 3 nitrogen and oxygen atoms in total. The minimum Gasteiger partial charge on any atom is -0.487 e. The second-order valence-electron chi connectivity index (χ2n) is 4.75. The van der Waals surface area contributed by atoms with Crippen LogP contribution in [0.4, 0.5) is 0 Å². The zero-order valence-corrected chi connectivity index (χ0v) is 13.4. The molecule has 2 aromatic rings. The summed E-state index contributed by atoms with van der Waals surface area (Å²) in [5, 5.41) is 4.42. The Morgan fingerprint density at radius 2 is 1.79 bits per heavy atom. The highest BCUT2D eigenvalue weighted by Crippen LogP contribution is 2.26. The van der Waals surface area contributed by atoms with Crippen LogP contribution in [0.1, 0.15) is 29.4 Å². The predicted octanol–water partition coefficient (Wildman–Crippen LogP) is 4.17. The fourth-order valence-electron chi connectivity index (χ4n) is 2.14. The molecule has 0 atom stereocenters. The molecule has 19 heavy (non-hydrogen) atoms. The highest BCUT2D eigenvalue weighted by molar-refractivity contribution is 9.10. The minimum atomic E-state index is 0.551. The third kappa shape index (κ3) is 3.18. The summed E-state index contributed by atoms with van der Waals surface area (Å²) in [6, 6.07) is 6.18. The van der Waals surface area contributed by atoms with Crippen molar-refractivity contribution < 1.29 is 4.74 Å².